The Labute approximate surface area is 169 Å². The highest BCUT2D eigenvalue weighted by molar-refractivity contribution is 7.89. The number of benzene rings is 1. The van der Waals surface area contributed by atoms with Gasteiger partial charge in [-0.1, -0.05) is 35.3 Å². The van der Waals surface area contributed by atoms with Gasteiger partial charge < -0.3 is 4.74 Å². The number of hydrogen-bond donors (Lipinski definition) is 1. The van der Waals surface area contributed by atoms with E-state index in [1.54, 1.807) is 13.0 Å². The van der Waals surface area contributed by atoms with Crippen molar-refractivity contribution in [3.8, 4) is 0 Å². The molecule has 1 N–H and O–H groups in total. The number of ether oxygens (including phenoxy) is 1. The summed E-state index contributed by atoms with van der Waals surface area (Å²) in [5.74, 6) is 0. The van der Waals surface area contributed by atoms with Crippen LogP contribution in [0.25, 0.3) is 0 Å². The fraction of sp³-hybridized carbons (Fsp3) is 0.389. The van der Waals surface area contributed by atoms with Crippen molar-refractivity contribution in [1.82, 2.24) is 14.6 Å². The number of aromatic nitrogens is 1. The van der Waals surface area contributed by atoms with Crippen LogP contribution in [-0.4, -0.2) is 51.1 Å². The average Bonchev–Trinajstić information content (AvgIpc) is 2.65. The highest BCUT2D eigenvalue weighted by atomic mass is 35.5. The molecule has 1 saturated heterocycles. The Morgan fingerprint density at radius 1 is 1.26 bits per heavy atom. The molecule has 1 aromatic heterocycles. The summed E-state index contributed by atoms with van der Waals surface area (Å²) in [6, 6.07) is 8.85. The lowest BCUT2D eigenvalue weighted by Gasteiger charge is -2.35. The lowest BCUT2D eigenvalue weighted by atomic mass is 10.1. The second-order valence-corrected chi connectivity index (χ2v) is 8.91. The highest BCUT2D eigenvalue weighted by Gasteiger charge is 2.25. The predicted octanol–water partition coefficient (Wildman–Crippen LogP) is 3.05. The summed E-state index contributed by atoms with van der Waals surface area (Å²) in [7, 11) is -3.71. The Bertz CT molecular complexity index is 902. The van der Waals surface area contributed by atoms with Gasteiger partial charge in [-0.25, -0.2) is 18.1 Å². The average molecular weight is 430 g/mol. The van der Waals surface area contributed by atoms with E-state index >= 15 is 0 Å². The molecular weight excluding hydrogens is 409 g/mol. The van der Waals surface area contributed by atoms with Gasteiger partial charge in [-0.05, 0) is 36.2 Å². The molecule has 1 atom stereocenters. The second kappa shape index (κ2) is 8.86. The molecule has 1 unspecified atom stereocenters. The monoisotopic (exact) mass is 429 g/mol. The zero-order chi connectivity index (χ0) is 19.4. The van der Waals surface area contributed by atoms with E-state index in [1.807, 2.05) is 18.2 Å². The van der Waals surface area contributed by atoms with E-state index in [0.717, 1.165) is 18.7 Å². The first kappa shape index (κ1) is 20.5. The summed E-state index contributed by atoms with van der Waals surface area (Å²) in [5, 5.41) is 0.908. The van der Waals surface area contributed by atoms with E-state index in [9.17, 15) is 8.42 Å². The van der Waals surface area contributed by atoms with E-state index in [2.05, 4.69) is 14.6 Å². The van der Waals surface area contributed by atoms with Crippen LogP contribution < -0.4 is 4.72 Å². The standard InChI is InChI=1S/C18H21Cl2N3O3S/c1-13-9-16(11-21-18(13)20)27(24,25)22-12-17(23-5-7-26-8-6-23)14-3-2-4-15(19)10-14/h2-4,9-11,17,22H,5-8,12H2,1H3. The minimum Gasteiger partial charge on any atom is -0.379 e. The van der Waals surface area contributed by atoms with Gasteiger partial charge in [-0.2, -0.15) is 0 Å². The molecule has 27 heavy (non-hydrogen) atoms. The smallest absolute Gasteiger partial charge is 0.242 e. The maximum Gasteiger partial charge on any atom is 0.242 e. The molecule has 0 spiro atoms. The summed E-state index contributed by atoms with van der Waals surface area (Å²) in [6.07, 6.45) is 1.26. The van der Waals surface area contributed by atoms with Gasteiger partial charge in [0.15, 0.2) is 0 Å². The van der Waals surface area contributed by atoms with Crippen LogP contribution in [0.5, 0.6) is 0 Å². The molecule has 1 fully saturated rings. The Morgan fingerprint density at radius 2 is 2.00 bits per heavy atom. The second-order valence-electron chi connectivity index (χ2n) is 6.35. The van der Waals surface area contributed by atoms with Crippen molar-refractivity contribution in [3.63, 3.8) is 0 Å². The van der Waals surface area contributed by atoms with Crippen LogP contribution in [0.3, 0.4) is 0 Å². The molecule has 3 rings (SSSR count). The number of nitrogens with zero attached hydrogens (tertiary/aromatic N) is 2. The first-order chi connectivity index (χ1) is 12.9. The molecule has 2 heterocycles. The zero-order valence-electron chi connectivity index (χ0n) is 14.9. The molecule has 0 bridgehead atoms. The fourth-order valence-corrected chi connectivity index (χ4v) is 4.38. The third-order valence-electron chi connectivity index (χ3n) is 4.49. The SMILES string of the molecule is Cc1cc(S(=O)(=O)NCC(c2cccc(Cl)c2)N2CCOCC2)cnc1Cl. The van der Waals surface area contributed by atoms with E-state index in [1.165, 1.54) is 12.3 Å². The van der Waals surface area contributed by atoms with Gasteiger partial charge in [0.1, 0.15) is 10.0 Å². The number of hydrogen-bond acceptors (Lipinski definition) is 5. The van der Waals surface area contributed by atoms with Gasteiger partial charge in [0.25, 0.3) is 0 Å². The molecule has 6 nitrogen and oxygen atoms in total. The quantitative estimate of drug-likeness (QED) is 0.714. The van der Waals surface area contributed by atoms with Crippen LogP contribution in [0.15, 0.2) is 41.4 Å². The van der Waals surface area contributed by atoms with Gasteiger partial charge in [-0.3, -0.25) is 4.90 Å². The molecule has 9 heteroatoms. The highest BCUT2D eigenvalue weighted by Crippen LogP contribution is 2.25. The van der Waals surface area contributed by atoms with Crippen molar-refractivity contribution in [2.75, 3.05) is 32.8 Å². The van der Waals surface area contributed by atoms with Gasteiger partial charge in [0, 0.05) is 36.9 Å². The van der Waals surface area contributed by atoms with Crippen molar-refractivity contribution < 1.29 is 13.2 Å². The largest absolute Gasteiger partial charge is 0.379 e. The van der Waals surface area contributed by atoms with Crippen molar-refractivity contribution in [1.29, 1.82) is 0 Å². The first-order valence-corrected chi connectivity index (χ1v) is 10.8. The van der Waals surface area contributed by atoms with Crippen molar-refractivity contribution in [3.05, 3.63) is 57.8 Å². The van der Waals surface area contributed by atoms with E-state index in [4.69, 9.17) is 27.9 Å². The zero-order valence-corrected chi connectivity index (χ0v) is 17.2. The number of morpholine rings is 1. The third-order valence-corrected chi connectivity index (χ3v) is 6.51. The Hall–Kier alpha value is -1.22. The summed E-state index contributed by atoms with van der Waals surface area (Å²) in [4.78, 5) is 6.22. The van der Waals surface area contributed by atoms with Crippen molar-refractivity contribution in [2.24, 2.45) is 0 Å². The topological polar surface area (TPSA) is 71.5 Å². The molecule has 0 amide bonds. The maximum atomic E-state index is 12.7. The van der Waals surface area contributed by atoms with E-state index in [-0.39, 0.29) is 17.5 Å². The first-order valence-electron chi connectivity index (χ1n) is 8.56. The molecule has 1 aromatic carbocycles. The summed E-state index contributed by atoms with van der Waals surface area (Å²) < 4.78 is 33.6. The normalized spacial score (nSPS) is 17.0. The number of halogens is 2. The molecular formula is C18H21Cl2N3O3S. The Kier molecular flexibility index (Phi) is 6.73. The number of aryl methyl sites for hydroxylation is 1. The molecule has 1 aliphatic heterocycles. The maximum absolute atomic E-state index is 12.7. The van der Waals surface area contributed by atoms with Crippen LogP contribution in [0.4, 0.5) is 0 Å². The van der Waals surface area contributed by atoms with Crippen LogP contribution in [0.1, 0.15) is 17.2 Å². The predicted molar refractivity (Wildman–Crippen MR) is 106 cm³/mol. The number of nitrogens with one attached hydrogen (secondary N) is 1. The van der Waals surface area contributed by atoms with Gasteiger partial charge in [0.2, 0.25) is 10.0 Å². The van der Waals surface area contributed by atoms with Crippen molar-refractivity contribution >= 4 is 33.2 Å². The minimum atomic E-state index is -3.71. The van der Waals surface area contributed by atoms with Gasteiger partial charge in [0.05, 0.1) is 13.2 Å². The number of sulfonamides is 1. The fourth-order valence-electron chi connectivity index (χ4n) is 3.01. The van der Waals surface area contributed by atoms with Crippen LogP contribution in [-0.2, 0) is 14.8 Å². The van der Waals surface area contributed by atoms with E-state index < -0.39 is 10.0 Å². The molecule has 146 valence electrons. The summed E-state index contributed by atoms with van der Waals surface area (Å²) in [5.41, 5.74) is 1.57. The lowest BCUT2D eigenvalue weighted by Crippen LogP contribution is -2.43. The molecule has 0 saturated carbocycles. The van der Waals surface area contributed by atoms with Crippen LogP contribution in [0, 0.1) is 6.92 Å². The minimum absolute atomic E-state index is 0.0937. The van der Waals surface area contributed by atoms with Gasteiger partial charge >= 0.3 is 0 Å². The molecule has 0 radical (unpaired) electrons. The Morgan fingerprint density at radius 3 is 2.67 bits per heavy atom. The van der Waals surface area contributed by atoms with Crippen LogP contribution in [0.2, 0.25) is 10.2 Å². The number of pyridine rings is 1. The summed E-state index contributed by atoms with van der Waals surface area (Å²) in [6.45, 7) is 4.61. The van der Waals surface area contributed by atoms with Crippen molar-refractivity contribution in [2.45, 2.75) is 17.9 Å². The summed E-state index contributed by atoms with van der Waals surface area (Å²) >= 11 is 12.0. The lowest BCUT2D eigenvalue weighted by molar-refractivity contribution is 0.0172. The van der Waals surface area contributed by atoms with Gasteiger partial charge in [-0.15, -0.1) is 0 Å². The van der Waals surface area contributed by atoms with Crippen LogP contribution >= 0.6 is 23.2 Å². The molecule has 1 aliphatic rings. The molecule has 0 aliphatic carbocycles. The third kappa shape index (κ3) is 5.19. The molecule has 2 aromatic rings. The number of rotatable bonds is 6. The Balaban J connectivity index is 1.82. The van der Waals surface area contributed by atoms with E-state index in [0.29, 0.717) is 29.0 Å².